The standard InChI is InChI=1S/C9H13N.C8H17NO2/c1-8(10)7-9-5-3-2-4-6-9;1-6(2)3-7(5-9)4-8(10)11/h2-6,8H,7,10H2,1H3;6-7H,3-5,9H2,1-2H3,(H,10,11)/t8-;7-/m00/s1. The third-order valence-electron chi connectivity index (χ3n) is 3.00. The molecule has 2 atom stereocenters. The predicted molar refractivity (Wildman–Crippen MR) is 88.0 cm³/mol. The van der Waals surface area contributed by atoms with Gasteiger partial charge in [-0.25, -0.2) is 0 Å². The van der Waals surface area contributed by atoms with Crippen LogP contribution in [0.15, 0.2) is 30.3 Å². The Kier molecular flexibility index (Phi) is 10.5. The van der Waals surface area contributed by atoms with E-state index in [0.29, 0.717) is 12.5 Å². The molecule has 0 aromatic heterocycles. The fourth-order valence-electron chi connectivity index (χ4n) is 2.16. The number of rotatable bonds is 7. The van der Waals surface area contributed by atoms with Crippen LogP contribution in [0.2, 0.25) is 0 Å². The van der Waals surface area contributed by atoms with Gasteiger partial charge in [0, 0.05) is 12.5 Å². The van der Waals surface area contributed by atoms with Gasteiger partial charge in [0.25, 0.3) is 0 Å². The molecule has 0 radical (unpaired) electrons. The largest absolute Gasteiger partial charge is 0.481 e. The summed E-state index contributed by atoms with van der Waals surface area (Å²) in [4.78, 5) is 10.3. The maximum atomic E-state index is 10.3. The summed E-state index contributed by atoms with van der Waals surface area (Å²) in [6.45, 7) is 6.65. The van der Waals surface area contributed by atoms with Gasteiger partial charge in [0.2, 0.25) is 0 Å². The molecule has 5 N–H and O–H groups in total. The van der Waals surface area contributed by atoms with Crippen molar-refractivity contribution in [2.75, 3.05) is 6.54 Å². The second kappa shape index (κ2) is 11.3. The zero-order chi connectivity index (χ0) is 16.3. The van der Waals surface area contributed by atoms with E-state index in [-0.39, 0.29) is 18.4 Å². The van der Waals surface area contributed by atoms with Crippen LogP contribution in [0.5, 0.6) is 0 Å². The van der Waals surface area contributed by atoms with E-state index in [1.165, 1.54) is 5.56 Å². The number of nitrogens with two attached hydrogens (primary N) is 2. The first-order chi connectivity index (χ1) is 9.85. The predicted octanol–water partition coefficient (Wildman–Crippen LogP) is 2.66. The lowest BCUT2D eigenvalue weighted by atomic mass is 9.94. The van der Waals surface area contributed by atoms with E-state index >= 15 is 0 Å². The molecule has 0 amide bonds. The van der Waals surface area contributed by atoms with Gasteiger partial charge in [0.15, 0.2) is 0 Å². The molecule has 0 bridgehead atoms. The molecule has 0 saturated carbocycles. The number of aliphatic carboxylic acids is 1. The third-order valence-corrected chi connectivity index (χ3v) is 3.00. The van der Waals surface area contributed by atoms with E-state index in [2.05, 4.69) is 26.0 Å². The van der Waals surface area contributed by atoms with Crippen LogP contribution in [0.4, 0.5) is 0 Å². The lowest BCUT2D eigenvalue weighted by Crippen LogP contribution is -2.19. The summed E-state index contributed by atoms with van der Waals surface area (Å²) in [6.07, 6.45) is 2.08. The normalized spacial score (nSPS) is 13.2. The molecule has 21 heavy (non-hydrogen) atoms. The molecule has 0 aliphatic rings. The summed E-state index contributed by atoms with van der Waals surface area (Å²) in [5.41, 5.74) is 12.3. The molecule has 0 saturated heterocycles. The lowest BCUT2D eigenvalue weighted by molar-refractivity contribution is -0.138. The van der Waals surface area contributed by atoms with Crippen LogP contribution in [0, 0.1) is 11.8 Å². The van der Waals surface area contributed by atoms with Gasteiger partial charge in [-0.3, -0.25) is 4.79 Å². The van der Waals surface area contributed by atoms with E-state index in [1.807, 2.05) is 25.1 Å². The topological polar surface area (TPSA) is 89.3 Å². The highest BCUT2D eigenvalue weighted by molar-refractivity contribution is 5.67. The van der Waals surface area contributed by atoms with Gasteiger partial charge in [-0.2, -0.15) is 0 Å². The Morgan fingerprint density at radius 1 is 1.19 bits per heavy atom. The molecule has 0 spiro atoms. The van der Waals surface area contributed by atoms with Crippen molar-refractivity contribution in [3.63, 3.8) is 0 Å². The summed E-state index contributed by atoms with van der Waals surface area (Å²) in [7, 11) is 0. The zero-order valence-electron chi connectivity index (χ0n) is 13.5. The van der Waals surface area contributed by atoms with E-state index in [9.17, 15) is 4.79 Å². The van der Waals surface area contributed by atoms with Crippen LogP contribution >= 0.6 is 0 Å². The fraction of sp³-hybridized carbons (Fsp3) is 0.588. The molecule has 0 aliphatic heterocycles. The van der Waals surface area contributed by atoms with Gasteiger partial charge in [0.05, 0.1) is 0 Å². The van der Waals surface area contributed by atoms with Crippen molar-refractivity contribution >= 4 is 5.97 Å². The molecule has 0 heterocycles. The smallest absolute Gasteiger partial charge is 0.303 e. The van der Waals surface area contributed by atoms with Crippen LogP contribution in [0.25, 0.3) is 0 Å². The number of carbonyl (C=O) groups is 1. The van der Waals surface area contributed by atoms with Gasteiger partial charge in [-0.1, -0.05) is 44.2 Å². The lowest BCUT2D eigenvalue weighted by Gasteiger charge is -2.13. The highest BCUT2D eigenvalue weighted by Crippen LogP contribution is 2.13. The van der Waals surface area contributed by atoms with Crippen molar-refractivity contribution in [3.8, 4) is 0 Å². The molecule has 4 heteroatoms. The maximum Gasteiger partial charge on any atom is 0.303 e. The van der Waals surface area contributed by atoms with Crippen molar-refractivity contribution in [3.05, 3.63) is 35.9 Å². The molecule has 0 unspecified atom stereocenters. The average molecular weight is 294 g/mol. The molecule has 4 nitrogen and oxygen atoms in total. The Balaban J connectivity index is 0.000000382. The Morgan fingerprint density at radius 2 is 1.76 bits per heavy atom. The SMILES string of the molecule is CC(C)C[C@H](CN)CC(=O)O.C[C@H](N)Cc1ccccc1. The van der Waals surface area contributed by atoms with E-state index in [0.717, 1.165) is 12.8 Å². The summed E-state index contributed by atoms with van der Waals surface area (Å²) in [6, 6.07) is 10.6. The molecule has 0 aliphatic carbocycles. The van der Waals surface area contributed by atoms with Crippen LogP contribution in [-0.2, 0) is 11.2 Å². The second-order valence-electron chi connectivity index (χ2n) is 6.00. The first-order valence-corrected chi connectivity index (χ1v) is 7.56. The van der Waals surface area contributed by atoms with Gasteiger partial charge in [-0.05, 0) is 43.7 Å². The number of carboxylic acid groups (broad SMARTS) is 1. The summed E-state index contributed by atoms with van der Waals surface area (Å²) < 4.78 is 0. The quantitative estimate of drug-likeness (QED) is 0.721. The van der Waals surface area contributed by atoms with Crippen molar-refractivity contribution in [1.29, 1.82) is 0 Å². The van der Waals surface area contributed by atoms with Crippen LogP contribution in [-0.4, -0.2) is 23.7 Å². The minimum atomic E-state index is -0.749. The van der Waals surface area contributed by atoms with Crippen molar-refractivity contribution in [2.45, 2.75) is 46.1 Å². The molecule has 0 fully saturated rings. The number of carboxylic acids is 1. The first kappa shape index (κ1) is 19.6. The van der Waals surface area contributed by atoms with Crippen molar-refractivity contribution < 1.29 is 9.90 Å². The molecule has 1 aromatic carbocycles. The van der Waals surface area contributed by atoms with Gasteiger partial charge in [0.1, 0.15) is 0 Å². The number of hydrogen-bond donors (Lipinski definition) is 3. The number of hydrogen-bond acceptors (Lipinski definition) is 3. The molecule has 120 valence electrons. The Labute approximate surface area is 128 Å². The number of benzene rings is 1. The van der Waals surface area contributed by atoms with Gasteiger partial charge in [-0.15, -0.1) is 0 Å². The van der Waals surface area contributed by atoms with Gasteiger partial charge >= 0.3 is 5.97 Å². The molecule has 1 aromatic rings. The van der Waals surface area contributed by atoms with E-state index < -0.39 is 5.97 Å². The minimum absolute atomic E-state index is 0.146. The van der Waals surface area contributed by atoms with E-state index in [4.69, 9.17) is 16.6 Å². The summed E-state index contributed by atoms with van der Waals surface area (Å²) in [5.74, 6) is -0.0727. The molecule has 1 rings (SSSR count). The fourth-order valence-corrected chi connectivity index (χ4v) is 2.16. The second-order valence-corrected chi connectivity index (χ2v) is 6.00. The monoisotopic (exact) mass is 294 g/mol. The third kappa shape index (κ3) is 12.1. The molecular formula is C17H30N2O2. The van der Waals surface area contributed by atoms with Crippen LogP contribution in [0.1, 0.15) is 39.2 Å². The summed E-state index contributed by atoms with van der Waals surface area (Å²) >= 11 is 0. The molecular weight excluding hydrogens is 264 g/mol. The van der Waals surface area contributed by atoms with Crippen molar-refractivity contribution in [2.24, 2.45) is 23.3 Å². The Bertz CT molecular complexity index is 378. The summed E-state index contributed by atoms with van der Waals surface area (Å²) in [5, 5.41) is 8.47. The van der Waals surface area contributed by atoms with E-state index in [1.54, 1.807) is 0 Å². The Hall–Kier alpha value is -1.39. The highest BCUT2D eigenvalue weighted by atomic mass is 16.4. The first-order valence-electron chi connectivity index (χ1n) is 7.56. The average Bonchev–Trinajstić information content (AvgIpc) is 2.38. The van der Waals surface area contributed by atoms with Gasteiger partial charge < -0.3 is 16.6 Å². The van der Waals surface area contributed by atoms with Crippen LogP contribution in [0.3, 0.4) is 0 Å². The Morgan fingerprint density at radius 3 is 2.14 bits per heavy atom. The van der Waals surface area contributed by atoms with Crippen molar-refractivity contribution in [1.82, 2.24) is 0 Å². The minimum Gasteiger partial charge on any atom is -0.481 e. The highest BCUT2D eigenvalue weighted by Gasteiger charge is 2.12. The maximum absolute atomic E-state index is 10.3. The zero-order valence-corrected chi connectivity index (χ0v) is 13.5. The van der Waals surface area contributed by atoms with Crippen LogP contribution < -0.4 is 11.5 Å².